The molecule has 1 aromatic carbocycles. The Kier molecular flexibility index (Phi) is 2.54. The molecule has 0 amide bonds. The van der Waals surface area contributed by atoms with Crippen molar-refractivity contribution in [1.82, 2.24) is 0 Å². The average molecular weight is 225 g/mol. The zero-order chi connectivity index (χ0) is 11.8. The second-order valence-corrected chi connectivity index (χ2v) is 5.23. The minimum atomic E-state index is 0.715. The Labute approximate surface area is 103 Å². The minimum absolute atomic E-state index is 0.715. The van der Waals surface area contributed by atoms with Crippen LogP contribution in [0.25, 0.3) is 0 Å². The molecule has 1 nitrogen and oxygen atoms in total. The first-order chi connectivity index (χ1) is 8.24. The molecule has 3 rings (SSSR count). The highest BCUT2D eigenvalue weighted by molar-refractivity contribution is 5.61. The molecule has 1 heterocycles. The van der Waals surface area contributed by atoms with Crippen LogP contribution >= 0.6 is 0 Å². The van der Waals surface area contributed by atoms with E-state index in [0.29, 0.717) is 5.92 Å². The lowest BCUT2D eigenvalue weighted by atomic mass is 9.95. The van der Waals surface area contributed by atoms with Gasteiger partial charge in [-0.3, -0.25) is 0 Å². The van der Waals surface area contributed by atoms with Gasteiger partial charge in [-0.1, -0.05) is 36.8 Å². The van der Waals surface area contributed by atoms with Gasteiger partial charge in [0.1, 0.15) is 0 Å². The Hall–Kier alpha value is -1.50. The largest absolute Gasteiger partial charge is 0.341 e. The highest BCUT2D eigenvalue weighted by Crippen LogP contribution is 2.36. The van der Waals surface area contributed by atoms with Crippen molar-refractivity contribution >= 4 is 5.69 Å². The molecule has 1 aliphatic heterocycles. The maximum Gasteiger partial charge on any atom is 0.0410 e. The lowest BCUT2D eigenvalue weighted by molar-refractivity contribution is 0.721. The number of aryl methyl sites for hydroxylation is 1. The second kappa shape index (κ2) is 4.06. The molecule has 1 unspecified atom stereocenters. The van der Waals surface area contributed by atoms with E-state index >= 15 is 0 Å². The summed E-state index contributed by atoms with van der Waals surface area (Å²) in [6.45, 7) is 5.57. The standard InChI is InChI=1S/C16H19N/c1-12-3-6-15(7-4-12)17-10-9-14-11-13(2)5-8-16(14)17/h3-4,6-8,11,13H,5,9-10H2,1-2H3. The number of nitrogens with zero attached hydrogens (tertiary/aromatic N) is 1. The van der Waals surface area contributed by atoms with E-state index in [1.54, 1.807) is 5.57 Å². The molecule has 1 saturated heterocycles. The summed E-state index contributed by atoms with van der Waals surface area (Å²) in [7, 11) is 0. The Morgan fingerprint density at radius 1 is 1.18 bits per heavy atom. The van der Waals surface area contributed by atoms with E-state index in [-0.39, 0.29) is 0 Å². The summed E-state index contributed by atoms with van der Waals surface area (Å²) in [5, 5.41) is 0. The summed E-state index contributed by atoms with van der Waals surface area (Å²) in [5.41, 5.74) is 5.66. The molecule has 17 heavy (non-hydrogen) atoms. The van der Waals surface area contributed by atoms with E-state index in [1.807, 2.05) is 0 Å². The summed E-state index contributed by atoms with van der Waals surface area (Å²) in [5.74, 6) is 0.715. The van der Waals surface area contributed by atoms with Crippen LogP contribution in [0.2, 0.25) is 0 Å². The zero-order valence-electron chi connectivity index (χ0n) is 10.6. The van der Waals surface area contributed by atoms with E-state index < -0.39 is 0 Å². The number of hydrogen-bond donors (Lipinski definition) is 0. The summed E-state index contributed by atoms with van der Waals surface area (Å²) < 4.78 is 0. The van der Waals surface area contributed by atoms with Crippen molar-refractivity contribution < 1.29 is 0 Å². The van der Waals surface area contributed by atoms with Gasteiger partial charge in [-0.15, -0.1) is 0 Å². The molecule has 0 bridgehead atoms. The zero-order valence-corrected chi connectivity index (χ0v) is 10.6. The third-order valence-electron chi connectivity index (χ3n) is 3.74. The van der Waals surface area contributed by atoms with Crippen molar-refractivity contribution in [2.45, 2.75) is 26.7 Å². The van der Waals surface area contributed by atoms with Gasteiger partial charge in [0.25, 0.3) is 0 Å². The van der Waals surface area contributed by atoms with Crippen LogP contribution in [0.15, 0.2) is 47.7 Å². The Morgan fingerprint density at radius 2 is 1.94 bits per heavy atom. The van der Waals surface area contributed by atoms with Gasteiger partial charge >= 0.3 is 0 Å². The number of hydrogen-bond acceptors (Lipinski definition) is 1. The van der Waals surface area contributed by atoms with E-state index in [2.05, 4.69) is 55.2 Å². The third kappa shape index (κ3) is 1.90. The number of anilines is 1. The molecule has 0 aromatic heterocycles. The molecule has 1 aliphatic carbocycles. The molecule has 2 aliphatic rings. The van der Waals surface area contributed by atoms with Crippen LogP contribution in [-0.2, 0) is 0 Å². The lowest BCUT2D eigenvalue weighted by Crippen LogP contribution is -2.17. The van der Waals surface area contributed by atoms with Crippen LogP contribution in [0.1, 0.15) is 25.3 Å². The topological polar surface area (TPSA) is 3.24 Å². The molecule has 0 spiro atoms. The maximum atomic E-state index is 2.46. The molecule has 0 radical (unpaired) electrons. The Morgan fingerprint density at radius 3 is 2.71 bits per heavy atom. The molecular formula is C16H19N. The van der Waals surface area contributed by atoms with Gasteiger partial charge in [0.2, 0.25) is 0 Å². The van der Waals surface area contributed by atoms with Crippen LogP contribution in [0.5, 0.6) is 0 Å². The first-order valence-electron chi connectivity index (χ1n) is 6.49. The number of rotatable bonds is 1. The van der Waals surface area contributed by atoms with Crippen LogP contribution in [-0.4, -0.2) is 6.54 Å². The first-order valence-corrected chi connectivity index (χ1v) is 6.49. The van der Waals surface area contributed by atoms with Gasteiger partial charge in [-0.2, -0.15) is 0 Å². The van der Waals surface area contributed by atoms with Gasteiger partial charge in [0.15, 0.2) is 0 Å². The highest BCUT2D eigenvalue weighted by atomic mass is 15.2. The Bertz CT molecular complexity index is 479. The lowest BCUT2D eigenvalue weighted by Gasteiger charge is -2.23. The number of fused-ring (bicyclic) bond motifs is 1. The summed E-state index contributed by atoms with van der Waals surface area (Å²) in [6, 6.07) is 8.86. The minimum Gasteiger partial charge on any atom is -0.341 e. The monoisotopic (exact) mass is 225 g/mol. The quantitative estimate of drug-likeness (QED) is 0.696. The van der Waals surface area contributed by atoms with Crippen molar-refractivity contribution in [3.8, 4) is 0 Å². The normalized spacial score (nSPS) is 23.2. The highest BCUT2D eigenvalue weighted by Gasteiger charge is 2.25. The molecular weight excluding hydrogens is 206 g/mol. The summed E-state index contributed by atoms with van der Waals surface area (Å²) in [4.78, 5) is 2.46. The van der Waals surface area contributed by atoms with Crippen LogP contribution < -0.4 is 4.90 Å². The molecule has 88 valence electrons. The fourth-order valence-electron chi connectivity index (χ4n) is 2.77. The fraction of sp³-hybridized carbons (Fsp3) is 0.375. The van der Waals surface area contributed by atoms with E-state index in [4.69, 9.17) is 0 Å². The van der Waals surface area contributed by atoms with Gasteiger partial charge in [0, 0.05) is 17.9 Å². The summed E-state index contributed by atoms with van der Waals surface area (Å²) >= 11 is 0. The second-order valence-electron chi connectivity index (χ2n) is 5.23. The van der Waals surface area contributed by atoms with Crippen molar-refractivity contribution in [2.24, 2.45) is 5.92 Å². The van der Waals surface area contributed by atoms with E-state index in [0.717, 1.165) is 6.54 Å². The van der Waals surface area contributed by atoms with Crippen molar-refractivity contribution in [2.75, 3.05) is 11.4 Å². The van der Waals surface area contributed by atoms with Gasteiger partial charge in [-0.25, -0.2) is 0 Å². The van der Waals surface area contributed by atoms with Crippen LogP contribution in [0, 0.1) is 12.8 Å². The van der Waals surface area contributed by atoms with Crippen molar-refractivity contribution in [3.05, 3.63) is 53.3 Å². The molecule has 0 N–H and O–H groups in total. The Balaban J connectivity index is 1.92. The smallest absolute Gasteiger partial charge is 0.0410 e. The predicted molar refractivity (Wildman–Crippen MR) is 73.1 cm³/mol. The molecule has 1 heteroatoms. The SMILES string of the molecule is Cc1ccc(N2CCC3=CC(C)CC=C32)cc1. The van der Waals surface area contributed by atoms with Crippen LogP contribution in [0.4, 0.5) is 5.69 Å². The van der Waals surface area contributed by atoms with Gasteiger partial charge in [-0.05, 0) is 43.4 Å². The van der Waals surface area contributed by atoms with Crippen LogP contribution in [0.3, 0.4) is 0 Å². The first kappa shape index (κ1) is 10.6. The molecule has 1 atom stereocenters. The fourth-order valence-corrected chi connectivity index (χ4v) is 2.77. The van der Waals surface area contributed by atoms with Crippen molar-refractivity contribution in [1.29, 1.82) is 0 Å². The molecule has 0 saturated carbocycles. The third-order valence-corrected chi connectivity index (χ3v) is 3.74. The molecule has 1 fully saturated rings. The number of benzene rings is 1. The predicted octanol–water partition coefficient (Wildman–Crippen LogP) is 4.06. The maximum absolute atomic E-state index is 2.46. The van der Waals surface area contributed by atoms with Crippen molar-refractivity contribution in [3.63, 3.8) is 0 Å². The van der Waals surface area contributed by atoms with Gasteiger partial charge in [0.05, 0.1) is 0 Å². The average Bonchev–Trinajstić information content (AvgIpc) is 2.73. The number of allylic oxidation sites excluding steroid dienone is 3. The van der Waals surface area contributed by atoms with E-state index in [1.165, 1.54) is 29.8 Å². The van der Waals surface area contributed by atoms with Gasteiger partial charge < -0.3 is 4.90 Å². The molecule has 1 aromatic rings. The summed E-state index contributed by atoms with van der Waals surface area (Å²) in [6.07, 6.45) is 7.24. The van der Waals surface area contributed by atoms with E-state index in [9.17, 15) is 0 Å².